The van der Waals surface area contributed by atoms with E-state index in [4.69, 9.17) is 4.74 Å². The molecule has 0 radical (unpaired) electrons. The molecule has 0 aliphatic carbocycles. The lowest BCUT2D eigenvalue weighted by Crippen LogP contribution is -2.49. The average molecular weight is 479 g/mol. The number of nitrogens with zero attached hydrogens (tertiary/aromatic N) is 2. The molecule has 1 unspecified atom stereocenters. The standard InChI is InChI=1S/C28H38N4O3/c1-31-16-14-24(15-17-31)32-18-12-23(13-19-32)27(33)29-20-26(21-6-4-3-5-7-21)30-28(34)22-8-10-25(35-2)11-9-22/h3-11,23-24,26H,12-20H2,1-2H3,(H,29,33)(H,30,34). The van der Waals surface area contributed by atoms with Crippen molar-refractivity contribution in [2.45, 2.75) is 37.8 Å². The minimum absolute atomic E-state index is 0.0335. The first kappa shape index (κ1) is 25.2. The van der Waals surface area contributed by atoms with Crippen molar-refractivity contribution in [3.8, 4) is 5.75 Å². The summed E-state index contributed by atoms with van der Waals surface area (Å²) in [5.41, 5.74) is 1.52. The zero-order chi connectivity index (χ0) is 24.6. The Balaban J connectivity index is 1.31. The van der Waals surface area contributed by atoms with E-state index in [0.29, 0.717) is 23.9 Å². The lowest BCUT2D eigenvalue weighted by Gasteiger charge is -2.40. The van der Waals surface area contributed by atoms with E-state index in [0.717, 1.165) is 44.6 Å². The number of hydrogen-bond donors (Lipinski definition) is 2. The fourth-order valence-electron chi connectivity index (χ4n) is 5.16. The van der Waals surface area contributed by atoms with E-state index in [9.17, 15) is 9.59 Å². The summed E-state index contributed by atoms with van der Waals surface area (Å²) in [6.07, 6.45) is 4.23. The molecule has 2 aliphatic heterocycles. The number of piperidine rings is 2. The molecule has 7 nitrogen and oxygen atoms in total. The van der Waals surface area contributed by atoms with Crippen molar-refractivity contribution in [2.24, 2.45) is 5.92 Å². The number of benzene rings is 2. The number of likely N-dealkylation sites (tertiary alicyclic amines) is 2. The molecule has 2 heterocycles. The summed E-state index contributed by atoms with van der Waals surface area (Å²) >= 11 is 0. The number of ether oxygens (including phenoxy) is 1. The maximum atomic E-state index is 13.0. The quantitative estimate of drug-likeness (QED) is 0.610. The molecular weight excluding hydrogens is 440 g/mol. The largest absolute Gasteiger partial charge is 0.497 e. The molecule has 4 rings (SSSR count). The Morgan fingerprint density at radius 3 is 2.23 bits per heavy atom. The topological polar surface area (TPSA) is 73.9 Å². The zero-order valence-corrected chi connectivity index (χ0v) is 20.9. The highest BCUT2D eigenvalue weighted by atomic mass is 16.5. The molecule has 0 aromatic heterocycles. The van der Waals surface area contributed by atoms with E-state index in [2.05, 4.69) is 27.5 Å². The summed E-state index contributed by atoms with van der Waals surface area (Å²) in [5, 5.41) is 6.22. The maximum Gasteiger partial charge on any atom is 0.251 e. The van der Waals surface area contributed by atoms with Crippen LogP contribution in [0.15, 0.2) is 54.6 Å². The van der Waals surface area contributed by atoms with Crippen LogP contribution in [-0.4, -0.2) is 74.5 Å². The van der Waals surface area contributed by atoms with Crippen LogP contribution in [0.3, 0.4) is 0 Å². The van der Waals surface area contributed by atoms with Gasteiger partial charge in [0.05, 0.1) is 13.2 Å². The summed E-state index contributed by atoms with van der Waals surface area (Å²) in [4.78, 5) is 30.9. The van der Waals surface area contributed by atoms with Gasteiger partial charge in [-0.1, -0.05) is 30.3 Å². The van der Waals surface area contributed by atoms with Crippen LogP contribution in [0.4, 0.5) is 0 Å². The van der Waals surface area contributed by atoms with Crippen molar-refractivity contribution in [1.82, 2.24) is 20.4 Å². The zero-order valence-electron chi connectivity index (χ0n) is 20.9. The normalized spacial score (nSPS) is 19.1. The van der Waals surface area contributed by atoms with E-state index in [1.807, 2.05) is 30.3 Å². The van der Waals surface area contributed by atoms with Crippen LogP contribution < -0.4 is 15.4 Å². The molecule has 0 bridgehead atoms. The van der Waals surface area contributed by atoms with E-state index < -0.39 is 0 Å². The third-order valence-electron chi connectivity index (χ3n) is 7.44. The SMILES string of the molecule is COc1ccc(C(=O)NC(CNC(=O)C2CCN(C3CCN(C)CC3)CC2)c2ccccc2)cc1. The van der Waals surface area contributed by atoms with Gasteiger partial charge in [0.2, 0.25) is 5.91 Å². The third-order valence-corrected chi connectivity index (χ3v) is 7.44. The lowest BCUT2D eigenvalue weighted by atomic mass is 9.92. The van der Waals surface area contributed by atoms with Crippen molar-refractivity contribution in [3.05, 3.63) is 65.7 Å². The van der Waals surface area contributed by atoms with E-state index >= 15 is 0 Å². The van der Waals surface area contributed by atoms with E-state index in [1.54, 1.807) is 31.4 Å². The Morgan fingerprint density at radius 2 is 1.60 bits per heavy atom. The predicted octanol–water partition coefficient (Wildman–Crippen LogP) is 3.09. The van der Waals surface area contributed by atoms with Crippen molar-refractivity contribution in [1.29, 1.82) is 0 Å². The Hall–Kier alpha value is -2.90. The average Bonchev–Trinajstić information content (AvgIpc) is 2.91. The number of carbonyl (C=O) groups excluding carboxylic acids is 2. The lowest BCUT2D eigenvalue weighted by molar-refractivity contribution is -0.126. The van der Waals surface area contributed by atoms with Gasteiger partial charge in [0.1, 0.15) is 5.75 Å². The smallest absolute Gasteiger partial charge is 0.251 e. The molecule has 2 saturated heterocycles. The minimum Gasteiger partial charge on any atom is -0.497 e. The van der Waals surface area contributed by atoms with E-state index in [1.165, 1.54) is 12.8 Å². The molecule has 35 heavy (non-hydrogen) atoms. The van der Waals surface area contributed by atoms with Crippen LogP contribution in [0.2, 0.25) is 0 Å². The molecule has 1 atom stereocenters. The fourth-order valence-corrected chi connectivity index (χ4v) is 5.16. The summed E-state index contributed by atoms with van der Waals surface area (Å²) in [7, 11) is 3.79. The first-order chi connectivity index (χ1) is 17.0. The van der Waals surface area contributed by atoms with Crippen LogP contribution in [-0.2, 0) is 4.79 Å². The van der Waals surface area contributed by atoms with Crippen LogP contribution in [0.25, 0.3) is 0 Å². The monoisotopic (exact) mass is 478 g/mol. The Bertz CT molecular complexity index is 950. The highest BCUT2D eigenvalue weighted by Crippen LogP contribution is 2.24. The van der Waals surface area contributed by atoms with Gasteiger partial charge in [-0.05, 0) is 88.7 Å². The summed E-state index contributed by atoms with van der Waals surface area (Å²) in [5.74, 6) is 0.649. The third kappa shape index (κ3) is 6.83. The Kier molecular flexibility index (Phi) is 8.77. The maximum absolute atomic E-state index is 13.0. The molecule has 188 valence electrons. The number of nitrogens with one attached hydrogen (secondary N) is 2. The molecule has 0 saturated carbocycles. The van der Waals surface area contributed by atoms with Crippen molar-refractivity contribution in [2.75, 3.05) is 46.9 Å². The van der Waals surface area contributed by atoms with Gasteiger partial charge in [0.15, 0.2) is 0 Å². The van der Waals surface area contributed by atoms with Gasteiger partial charge in [-0.2, -0.15) is 0 Å². The molecule has 2 fully saturated rings. The molecular formula is C28H38N4O3. The van der Waals surface area contributed by atoms with Gasteiger partial charge in [0.25, 0.3) is 5.91 Å². The van der Waals surface area contributed by atoms with E-state index in [-0.39, 0.29) is 23.8 Å². The molecule has 2 N–H and O–H groups in total. The van der Waals surface area contributed by atoms with Crippen molar-refractivity contribution in [3.63, 3.8) is 0 Å². The fraction of sp³-hybridized carbons (Fsp3) is 0.500. The molecule has 2 amide bonds. The second kappa shape index (κ2) is 12.2. The van der Waals surface area contributed by atoms with Crippen LogP contribution in [0.5, 0.6) is 5.75 Å². The Labute approximate surface area is 208 Å². The number of hydrogen-bond acceptors (Lipinski definition) is 5. The summed E-state index contributed by atoms with van der Waals surface area (Å²) < 4.78 is 5.18. The molecule has 0 spiro atoms. The second-order valence-corrected chi connectivity index (χ2v) is 9.76. The molecule has 2 aliphatic rings. The summed E-state index contributed by atoms with van der Waals surface area (Å²) in [6, 6.07) is 17.2. The first-order valence-electron chi connectivity index (χ1n) is 12.7. The molecule has 7 heteroatoms. The number of amides is 2. The van der Waals surface area contributed by atoms with Gasteiger partial charge in [0, 0.05) is 24.1 Å². The van der Waals surface area contributed by atoms with Gasteiger partial charge in [-0.25, -0.2) is 0 Å². The van der Waals surface area contributed by atoms with Gasteiger partial charge < -0.3 is 25.2 Å². The predicted molar refractivity (Wildman–Crippen MR) is 137 cm³/mol. The van der Waals surface area contributed by atoms with Gasteiger partial charge >= 0.3 is 0 Å². The second-order valence-electron chi connectivity index (χ2n) is 9.76. The van der Waals surface area contributed by atoms with Crippen LogP contribution in [0, 0.1) is 5.92 Å². The van der Waals surface area contributed by atoms with Crippen molar-refractivity contribution >= 4 is 11.8 Å². The van der Waals surface area contributed by atoms with Gasteiger partial charge in [-0.15, -0.1) is 0 Å². The first-order valence-corrected chi connectivity index (χ1v) is 12.7. The van der Waals surface area contributed by atoms with Gasteiger partial charge in [-0.3, -0.25) is 9.59 Å². The number of carbonyl (C=O) groups is 2. The molecule has 2 aromatic carbocycles. The van der Waals surface area contributed by atoms with Crippen molar-refractivity contribution < 1.29 is 14.3 Å². The summed E-state index contributed by atoms with van der Waals surface area (Å²) in [6.45, 7) is 4.66. The minimum atomic E-state index is -0.311. The number of rotatable bonds is 8. The molecule has 2 aromatic rings. The highest BCUT2D eigenvalue weighted by Gasteiger charge is 2.30. The Morgan fingerprint density at radius 1 is 0.943 bits per heavy atom. The number of methoxy groups -OCH3 is 1. The highest BCUT2D eigenvalue weighted by molar-refractivity contribution is 5.94. The van der Waals surface area contributed by atoms with Crippen LogP contribution >= 0.6 is 0 Å². The van der Waals surface area contributed by atoms with Crippen LogP contribution in [0.1, 0.15) is 47.6 Å².